The Morgan fingerprint density at radius 2 is 2.40 bits per heavy atom. The molecule has 138 valence electrons. The minimum Gasteiger partial charge on any atom is -0.377 e. The van der Waals surface area contributed by atoms with Gasteiger partial charge in [0.05, 0.1) is 25.9 Å². The molecular weight excluding hydrogens is 318 g/mol. The highest BCUT2D eigenvalue weighted by molar-refractivity contribution is 5.78. The van der Waals surface area contributed by atoms with Gasteiger partial charge in [-0.05, 0) is 45.0 Å². The number of likely N-dealkylation sites (tertiary alicyclic amines) is 1. The van der Waals surface area contributed by atoms with Crippen LogP contribution in [0.1, 0.15) is 24.8 Å². The summed E-state index contributed by atoms with van der Waals surface area (Å²) < 4.78 is 12.1. The molecule has 1 amide bonds. The summed E-state index contributed by atoms with van der Waals surface area (Å²) in [6.45, 7) is 3.96. The number of hydrogen-bond acceptors (Lipinski definition) is 5. The van der Waals surface area contributed by atoms with Gasteiger partial charge in [0.15, 0.2) is 0 Å². The van der Waals surface area contributed by atoms with Crippen LogP contribution in [-0.4, -0.2) is 73.7 Å². The maximum Gasteiger partial charge on any atom is 0.236 e. The summed E-state index contributed by atoms with van der Waals surface area (Å²) in [4.78, 5) is 20.6. The fourth-order valence-corrected chi connectivity index (χ4v) is 3.94. The number of carbonyl (C=O) groups is 1. The number of aromatic nitrogens is 1. The van der Waals surface area contributed by atoms with Crippen LogP contribution in [-0.2, 0) is 20.9 Å². The number of pyridine rings is 1. The Bertz CT molecular complexity index is 566. The molecule has 6 nitrogen and oxygen atoms in total. The van der Waals surface area contributed by atoms with Crippen molar-refractivity contribution in [3.05, 3.63) is 30.1 Å². The first-order valence-electron chi connectivity index (χ1n) is 9.10. The lowest BCUT2D eigenvalue weighted by Gasteiger charge is -2.50. The Hall–Kier alpha value is -1.50. The Morgan fingerprint density at radius 3 is 3.16 bits per heavy atom. The van der Waals surface area contributed by atoms with E-state index in [4.69, 9.17) is 9.47 Å². The summed E-state index contributed by atoms with van der Waals surface area (Å²) in [6, 6.07) is 3.94. The molecule has 0 N–H and O–H groups in total. The normalized spacial score (nSPS) is 26.5. The van der Waals surface area contributed by atoms with E-state index in [0.717, 1.165) is 44.5 Å². The number of amides is 1. The van der Waals surface area contributed by atoms with Crippen molar-refractivity contribution in [3.8, 4) is 0 Å². The van der Waals surface area contributed by atoms with Crippen LogP contribution in [0, 0.1) is 5.41 Å². The molecule has 2 fully saturated rings. The van der Waals surface area contributed by atoms with E-state index in [2.05, 4.69) is 4.98 Å². The number of ether oxygens (including phenoxy) is 2. The zero-order valence-corrected chi connectivity index (χ0v) is 15.3. The summed E-state index contributed by atoms with van der Waals surface area (Å²) >= 11 is 0. The van der Waals surface area contributed by atoms with E-state index in [-0.39, 0.29) is 17.4 Å². The molecule has 2 saturated heterocycles. The van der Waals surface area contributed by atoms with Crippen molar-refractivity contribution in [2.24, 2.45) is 5.41 Å². The molecule has 1 aromatic rings. The molecule has 0 saturated carbocycles. The van der Waals surface area contributed by atoms with Gasteiger partial charge in [-0.2, -0.15) is 0 Å². The molecule has 0 bridgehead atoms. The molecule has 6 heteroatoms. The van der Waals surface area contributed by atoms with Crippen LogP contribution in [0.15, 0.2) is 24.5 Å². The molecule has 0 spiro atoms. The molecule has 0 radical (unpaired) electrons. The van der Waals surface area contributed by atoms with Crippen molar-refractivity contribution in [1.29, 1.82) is 0 Å². The molecule has 3 heterocycles. The Morgan fingerprint density at radius 1 is 1.52 bits per heavy atom. The third kappa shape index (κ3) is 4.57. The Labute approximate surface area is 150 Å². The van der Waals surface area contributed by atoms with Crippen LogP contribution in [0.5, 0.6) is 0 Å². The van der Waals surface area contributed by atoms with E-state index >= 15 is 0 Å². The number of hydrogen-bond donors (Lipinski definition) is 0. The summed E-state index contributed by atoms with van der Waals surface area (Å²) in [5.41, 5.74) is 0.990. The van der Waals surface area contributed by atoms with Crippen molar-refractivity contribution >= 4 is 5.91 Å². The molecule has 2 aliphatic heterocycles. The van der Waals surface area contributed by atoms with Crippen molar-refractivity contribution in [1.82, 2.24) is 14.8 Å². The number of nitrogens with zero attached hydrogens (tertiary/aromatic N) is 3. The number of piperidine rings is 1. The van der Waals surface area contributed by atoms with Gasteiger partial charge in [0.2, 0.25) is 5.91 Å². The highest BCUT2D eigenvalue weighted by Crippen LogP contribution is 2.40. The van der Waals surface area contributed by atoms with E-state index in [9.17, 15) is 4.79 Å². The Balaban J connectivity index is 1.63. The molecule has 25 heavy (non-hydrogen) atoms. The van der Waals surface area contributed by atoms with E-state index < -0.39 is 0 Å². The van der Waals surface area contributed by atoms with Crippen LogP contribution in [0.4, 0.5) is 0 Å². The van der Waals surface area contributed by atoms with Crippen molar-refractivity contribution in [2.45, 2.75) is 32.0 Å². The van der Waals surface area contributed by atoms with E-state index in [1.165, 1.54) is 0 Å². The lowest BCUT2D eigenvalue weighted by Crippen LogP contribution is -2.58. The standard InChI is InChI=1S/C19H29N3O3/c1-21(2)12-18(23)22-9-6-17-19(14-22,7-4-10-25-17)15-24-13-16-5-3-8-20-11-16/h3,5,8,11,17H,4,6-7,9-10,12-15H2,1-2H3/t17-,19-/m0/s1. The summed E-state index contributed by atoms with van der Waals surface area (Å²) in [6.07, 6.45) is 6.77. The van der Waals surface area contributed by atoms with Gasteiger partial charge in [0.1, 0.15) is 0 Å². The van der Waals surface area contributed by atoms with Crippen LogP contribution >= 0.6 is 0 Å². The molecule has 0 unspecified atom stereocenters. The minimum atomic E-state index is -0.0827. The first-order valence-corrected chi connectivity index (χ1v) is 9.10. The number of likely N-dealkylation sites (N-methyl/N-ethyl adjacent to an activating group) is 1. The SMILES string of the molecule is CN(C)CC(=O)N1CC[C@@H]2OCCC[C@@]2(COCc2cccnc2)C1. The quantitative estimate of drug-likeness (QED) is 0.782. The van der Waals surface area contributed by atoms with E-state index in [1.54, 1.807) is 6.20 Å². The monoisotopic (exact) mass is 347 g/mol. The topological polar surface area (TPSA) is 54.9 Å². The number of rotatable bonds is 6. The summed E-state index contributed by atoms with van der Waals surface area (Å²) in [5.74, 6) is 0.195. The van der Waals surface area contributed by atoms with Crippen LogP contribution in [0.3, 0.4) is 0 Å². The van der Waals surface area contributed by atoms with Crippen molar-refractivity contribution < 1.29 is 14.3 Å². The average Bonchev–Trinajstić information content (AvgIpc) is 2.61. The van der Waals surface area contributed by atoms with E-state index in [1.807, 2.05) is 42.2 Å². The summed E-state index contributed by atoms with van der Waals surface area (Å²) in [7, 11) is 3.86. The van der Waals surface area contributed by atoms with E-state index in [0.29, 0.717) is 19.8 Å². The second-order valence-corrected chi connectivity index (χ2v) is 7.52. The highest BCUT2D eigenvalue weighted by Gasteiger charge is 2.47. The highest BCUT2D eigenvalue weighted by atomic mass is 16.5. The molecule has 0 aromatic carbocycles. The third-order valence-electron chi connectivity index (χ3n) is 5.17. The number of fused-ring (bicyclic) bond motifs is 1. The molecular formula is C19H29N3O3. The van der Waals surface area contributed by atoms with Gasteiger partial charge in [-0.15, -0.1) is 0 Å². The predicted octanol–water partition coefficient (Wildman–Crippen LogP) is 1.56. The first kappa shape index (κ1) is 18.3. The van der Waals surface area contributed by atoms with Crippen molar-refractivity contribution in [2.75, 3.05) is 46.9 Å². The zero-order valence-electron chi connectivity index (χ0n) is 15.3. The predicted molar refractivity (Wildman–Crippen MR) is 95.1 cm³/mol. The number of carbonyl (C=O) groups excluding carboxylic acids is 1. The van der Waals surface area contributed by atoms with Gasteiger partial charge in [0, 0.05) is 37.5 Å². The maximum absolute atomic E-state index is 12.5. The lowest BCUT2D eigenvalue weighted by atomic mass is 9.73. The smallest absolute Gasteiger partial charge is 0.236 e. The molecule has 3 rings (SSSR count). The van der Waals surface area contributed by atoms with Crippen LogP contribution in [0.2, 0.25) is 0 Å². The molecule has 2 atom stereocenters. The van der Waals surface area contributed by atoms with Gasteiger partial charge in [-0.1, -0.05) is 6.07 Å². The summed E-state index contributed by atoms with van der Waals surface area (Å²) in [5, 5.41) is 0. The van der Waals surface area contributed by atoms with Gasteiger partial charge < -0.3 is 19.3 Å². The minimum absolute atomic E-state index is 0.0827. The first-order chi connectivity index (χ1) is 12.1. The third-order valence-corrected chi connectivity index (χ3v) is 5.17. The van der Waals surface area contributed by atoms with Crippen LogP contribution < -0.4 is 0 Å². The maximum atomic E-state index is 12.5. The lowest BCUT2D eigenvalue weighted by molar-refractivity contribution is -0.166. The second-order valence-electron chi connectivity index (χ2n) is 7.52. The zero-order chi connectivity index (χ0) is 17.7. The Kier molecular flexibility index (Phi) is 6.04. The van der Waals surface area contributed by atoms with Gasteiger partial charge in [-0.3, -0.25) is 9.78 Å². The van der Waals surface area contributed by atoms with Gasteiger partial charge >= 0.3 is 0 Å². The van der Waals surface area contributed by atoms with Crippen molar-refractivity contribution in [3.63, 3.8) is 0 Å². The second kappa shape index (κ2) is 8.25. The van der Waals surface area contributed by atoms with Crippen LogP contribution in [0.25, 0.3) is 0 Å². The van der Waals surface area contributed by atoms with Gasteiger partial charge in [-0.25, -0.2) is 0 Å². The largest absolute Gasteiger partial charge is 0.377 e. The van der Waals surface area contributed by atoms with Gasteiger partial charge in [0.25, 0.3) is 0 Å². The molecule has 0 aliphatic carbocycles. The fourth-order valence-electron chi connectivity index (χ4n) is 3.94. The molecule has 1 aromatic heterocycles. The fraction of sp³-hybridized carbons (Fsp3) is 0.684. The average molecular weight is 347 g/mol. The molecule has 2 aliphatic rings.